The SMILES string of the molecule is CC1CCC(C(=O)N2CCCCN(C(=O)C3CCC(C)CC3)C2)CC1. The quantitative estimate of drug-likeness (QED) is 0.755. The van der Waals surface area contributed by atoms with Gasteiger partial charge in [0.2, 0.25) is 11.8 Å². The van der Waals surface area contributed by atoms with Crippen LogP contribution in [0.2, 0.25) is 0 Å². The minimum Gasteiger partial charge on any atom is -0.325 e. The van der Waals surface area contributed by atoms with Crippen molar-refractivity contribution >= 4 is 11.8 Å². The first-order chi connectivity index (χ1) is 12.0. The Labute approximate surface area is 153 Å². The third kappa shape index (κ3) is 4.77. The molecule has 3 rings (SSSR count). The van der Waals surface area contributed by atoms with Crippen LogP contribution in [0.5, 0.6) is 0 Å². The molecule has 2 amide bonds. The predicted octanol–water partition coefficient (Wildman–Crippen LogP) is 4.05. The second-order valence-electron chi connectivity index (χ2n) is 8.97. The van der Waals surface area contributed by atoms with Gasteiger partial charge in [-0.15, -0.1) is 0 Å². The first-order valence-corrected chi connectivity index (χ1v) is 10.6. The molecule has 0 N–H and O–H groups in total. The zero-order valence-electron chi connectivity index (χ0n) is 16.2. The van der Waals surface area contributed by atoms with Crippen molar-refractivity contribution in [2.75, 3.05) is 19.8 Å². The van der Waals surface area contributed by atoms with Gasteiger partial charge in [-0.05, 0) is 76.0 Å². The zero-order valence-corrected chi connectivity index (χ0v) is 16.2. The molecular formula is C21H36N2O2. The Hall–Kier alpha value is -1.06. The largest absolute Gasteiger partial charge is 0.325 e. The van der Waals surface area contributed by atoms with Crippen molar-refractivity contribution in [1.82, 2.24) is 9.80 Å². The summed E-state index contributed by atoms with van der Waals surface area (Å²) >= 11 is 0. The molecule has 0 spiro atoms. The normalized spacial score (nSPS) is 34.5. The van der Waals surface area contributed by atoms with E-state index in [1.165, 1.54) is 25.7 Å². The van der Waals surface area contributed by atoms with Gasteiger partial charge >= 0.3 is 0 Å². The molecule has 0 aromatic rings. The molecule has 2 aliphatic carbocycles. The Bertz CT molecular complexity index is 421. The summed E-state index contributed by atoms with van der Waals surface area (Å²) in [6.45, 7) is 6.78. The molecule has 1 saturated heterocycles. The maximum absolute atomic E-state index is 13.0. The Kier molecular flexibility index (Phi) is 6.40. The lowest BCUT2D eigenvalue weighted by Crippen LogP contribution is -2.47. The summed E-state index contributed by atoms with van der Waals surface area (Å²) in [6, 6.07) is 0. The van der Waals surface area contributed by atoms with E-state index in [0.29, 0.717) is 18.5 Å². The highest BCUT2D eigenvalue weighted by atomic mass is 16.2. The van der Waals surface area contributed by atoms with Gasteiger partial charge in [0.05, 0.1) is 6.67 Å². The number of nitrogens with zero attached hydrogens (tertiary/aromatic N) is 2. The van der Waals surface area contributed by atoms with Crippen molar-refractivity contribution in [1.29, 1.82) is 0 Å². The van der Waals surface area contributed by atoms with Crippen molar-refractivity contribution in [3.8, 4) is 0 Å². The van der Waals surface area contributed by atoms with Crippen LogP contribution in [0.1, 0.15) is 78.1 Å². The van der Waals surface area contributed by atoms with Crippen molar-refractivity contribution in [3.05, 3.63) is 0 Å². The van der Waals surface area contributed by atoms with Crippen LogP contribution in [0.15, 0.2) is 0 Å². The first-order valence-electron chi connectivity index (χ1n) is 10.6. The lowest BCUT2D eigenvalue weighted by atomic mass is 9.82. The van der Waals surface area contributed by atoms with E-state index >= 15 is 0 Å². The van der Waals surface area contributed by atoms with Crippen molar-refractivity contribution in [2.24, 2.45) is 23.7 Å². The minimum absolute atomic E-state index is 0.196. The van der Waals surface area contributed by atoms with Gasteiger partial charge in [0.25, 0.3) is 0 Å². The van der Waals surface area contributed by atoms with Gasteiger partial charge in [-0.1, -0.05) is 13.8 Å². The molecule has 2 saturated carbocycles. The van der Waals surface area contributed by atoms with E-state index in [9.17, 15) is 9.59 Å². The van der Waals surface area contributed by atoms with Gasteiger partial charge < -0.3 is 9.80 Å². The monoisotopic (exact) mass is 348 g/mol. The third-order valence-corrected chi connectivity index (χ3v) is 6.80. The number of amides is 2. The standard InChI is InChI=1S/C21H36N2O2/c1-16-5-9-18(10-6-16)20(24)22-13-3-4-14-23(15-22)21(25)19-11-7-17(2)8-12-19/h16-19H,3-15H2,1-2H3. The van der Waals surface area contributed by atoms with Gasteiger partial charge in [0.1, 0.15) is 0 Å². The highest BCUT2D eigenvalue weighted by molar-refractivity contribution is 5.81. The topological polar surface area (TPSA) is 40.6 Å². The van der Waals surface area contributed by atoms with E-state index in [4.69, 9.17) is 0 Å². The van der Waals surface area contributed by atoms with Crippen LogP contribution in [0.4, 0.5) is 0 Å². The maximum atomic E-state index is 13.0. The molecule has 0 unspecified atom stereocenters. The highest BCUT2D eigenvalue weighted by Gasteiger charge is 2.33. The number of hydrogen-bond donors (Lipinski definition) is 0. The highest BCUT2D eigenvalue weighted by Crippen LogP contribution is 2.32. The molecule has 1 aliphatic heterocycles. The summed E-state index contributed by atoms with van der Waals surface area (Å²) in [5, 5.41) is 0. The van der Waals surface area contributed by atoms with E-state index in [2.05, 4.69) is 13.8 Å². The Morgan fingerprint density at radius 2 is 1.00 bits per heavy atom. The Balaban J connectivity index is 1.58. The maximum Gasteiger partial charge on any atom is 0.227 e. The molecule has 4 nitrogen and oxygen atoms in total. The van der Waals surface area contributed by atoms with Gasteiger partial charge in [-0.3, -0.25) is 9.59 Å². The van der Waals surface area contributed by atoms with E-state index in [1.807, 2.05) is 9.80 Å². The molecule has 4 heteroatoms. The second kappa shape index (κ2) is 8.55. The molecule has 0 aromatic heterocycles. The molecule has 1 heterocycles. The zero-order chi connectivity index (χ0) is 17.8. The molecule has 142 valence electrons. The summed E-state index contributed by atoms with van der Waals surface area (Å²) in [5.74, 6) is 2.54. The Morgan fingerprint density at radius 1 is 0.640 bits per heavy atom. The van der Waals surface area contributed by atoms with E-state index in [1.54, 1.807) is 0 Å². The second-order valence-corrected chi connectivity index (χ2v) is 8.97. The van der Waals surface area contributed by atoms with E-state index < -0.39 is 0 Å². The molecule has 25 heavy (non-hydrogen) atoms. The van der Waals surface area contributed by atoms with Crippen molar-refractivity contribution < 1.29 is 9.59 Å². The summed E-state index contributed by atoms with van der Waals surface area (Å²) in [6.07, 6.45) is 10.9. The van der Waals surface area contributed by atoms with Crippen LogP contribution in [0.25, 0.3) is 0 Å². The van der Waals surface area contributed by atoms with E-state index in [0.717, 1.165) is 63.5 Å². The first kappa shape index (κ1) is 18.7. The molecule has 0 aromatic carbocycles. The molecule has 3 aliphatic rings. The van der Waals surface area contributed by atoms with Gasteiger partial charge in [-0.25, -0.2) is 0 Å². The van der Waals surface area contributed by atoms with Crippen LogP contribution in [-0.2, 0) is 9.59 Å². The van der Waals surface area contributed by atoms with Crippen LogP contribution in [-0.4, -0.2) is 41.4 Å². The predicted molar refractivity (Wildman–Crippen MR) is 99.8 cm³/mol. The average Bonchev–Trinajstić information content (AvgIpc) is 2.88. The van der Waals surface area contributed by atoms with Crippen LogP contribution < -0.4 is 0 Å². The van der Waals surface area contributed by atoms with Crippen LogP contribution >= 0.6 is 0 Å². The van der Waals surface area contributed by atoms with Crippen molar-refractivity contribution in [3.63, 3.8) is 0 Å². The van der Waals surface area contributed by atoms with Gasteiger partial charge in [0, 0.05) is 24.9 Å². The van der Waals surface area contributed by atoms with Crippen LogP contribution in [0, 0.1) is 23.7 Å². The lowest BCUT2D eigenvalue weighted by molar-refractivity contribution is -0.144. The summed E-state index contributed by atoms with van der Waals surface area (Å²) < 4.78 is 0. The fourth-order valence-corrected chi connectivity index (χ4v) is 4.84. The third-order valence-electron chi connectivity index (χ3n) is 6.80. The van der Waals surface area contributed by atoms with Crippen molar-refractivity contribution in [2.45, 2.75) is 78.1 Å². The molecule has 3 fully saturated rings. The fourth-order valence-electron chi connectivity index (χ4n) is 4.84. The van der Waals surface area contributed by atoms with E-state index in [-0.39, 0.29) is 11.8 Å². The molecule has 0 bridgehead atoms. The Morgan fingerprint density at radius 3 is 1.36 bits per heavy atom. The average molecular weight is 349 g/mol. The molecule has 0 atom stereocenters. The number of carbonyl (C=O) groups is 2. The smallest absolute Gasteiger partial charge is 0.227 e. The number of hydrogen-bond acceptors (Lipinski definition) is 2. The van der Waals surface area contributed by atoms with Gasteiger partial charge in [0.15, 0.2) is 0 Å². The molecular weight excluding hydrogens is 312 g/mol. The van der Waals surface area contributed by atoms with Crippen LogP contribution in [0.3, 0.4) is 0 Å². The number of rotatable bonds is 2. The lowest BCUT2D eigenvalue weighted by Gasteiger charge is -2.35. The summed E-state index contributed by atoms with van der Waals surface area (Å²) in [5.41, 5.74) is 0. The number of carbonyl (C=O) groups excluding carboxylic acids is 2. The van der Waals surface area contributed by atoms with Gasteiger partial charge in [-0.2, -0.15) is 0 Å². The summed E-state index contributed by atoms with van der Waals surface area (Å²) in [4.78, 5) is 30.0. The molecule has 0 radical (unpaired) electrons. The summed E-state index contributed by atoms with van der Waals surface area (Å²) in [7, 11) is 0. The minimum atomic E-state index is 0.196. The fraction of sp³-hybridized carbons (Fsp3) is 0.905.